The van der Waals surface area contributed by atoms with Gasteiger partial charge in [-0.25, -0.2) is 4.89 Å². The summed E-state index contributed by atoms with van der Waals surface area (Å²) >= 11 is 0. The summed E-state index contributed by atoms with van der Waals surface area (Å²) in [5.74, 6) is 0. The second-order valence-corrected chi connectivity index (χ2v) is 10.3. The molecule has 3 rings (SSSR count). The third-order valence-corrected chi connectivity index (χ3v) is 8.56. The zero-order valence-electron chi connectivity index (χ0n) is 15.7. The van der Waals surface area contributed by atoms with E-state index in [-0.39, 0.29) is 5.60 Å². The summed E-state index contributed by atoms with van der Waals surface area (Å²) in [6.07, 6.45) is 0.871. The Morgan fingerprint density at radius 1 is 0.654 bits per heavy atom. The zero-order chi connectivity index (χ0) is 18.5. The van der Waals surface area contributed by atoms with Crippen molar-refractivity contribution in [2.45, 2.75) is 32.8 Å². The van der Waals surface area contributed by atoms with Crippen molar-refractivity contribution in [2.75, 3.05) is 0 Å². The number of hydrogen-bond donors (Lipinski definition) is 0. The molecule has 0 saturated heterocycles. The SMILES string of the molecule is CCC(C)(C)OO[Si](c1ccccc1)(c1ccccc1)c1ccccc1. The van der Waals surface area contributed by atoms with Gasteiger partial charge in [-0.2, -0.15) is 0 Å². The fourth-order valence-corrected chi connectivity index (χ4v) is 6.52. The second-order valence-electron chi connectivity index (χ2n) is 7.06. The Morgan fingerprint density at radius 2 is 1.00 bits per heavy atom. The van der Waals surface area contributed by atoms with Gasteiger partial charge in [-0.3, -0.25) is 4.58 Å². The molecular weight excluding hydrogens is 336 g/mol. The van der Waals surface area contributed by atoms with E-state index in [4.69, 9.17) is 9.46 Å². The van der Waals surface area contributed by atoms with Gasteiger partial charge in [0.2, 0.25) is 0 Å². The van der Waals surface area contributed by atoms with Crippen molar-refractivity contribution in [3.05, 3.63) is 91.0 Å². The molecule has 0 fully saturated rings. The molecule has 0 aliphatic rings. The van der Waals surface area contributed by atoms with Crippen LogP contribution in [-0.2, 0) is 9.46 Å². The Balaban J connectivity index is 2.21. The quantitative estimate of drug-likeness (QED) is 0.276. The minimum atomic E-state index is -2.77. The largest absolute Gasteiger partial charge is 0.331 e. The Labute approximate surface area is 157 Å². The maximum Gasteiger partial charge on any atom is 0.331 e. The van der Waals surface area contributed by atoms with E-state index >= 15 is 0 Å². The van der Waals surface area contributed by atoms with Crippen LogP contribution in [0, 0.1) is 0 Å². The zero-order valence-corrected chi connectivity index (χ0v) is 16.7. The number of hydrogen-bond acceptors (Lipinski definition) is 2. The molecule has 0 spiro atoms. The Hall–Kier alpha value is -2.20. The van der Waals surface area contributed by atoms with Gasteiger partial charge in [0.25, 0.3) is 0 Å². The van der Waals surface area contributed by atoms with Crippen molar-refractivity contribution in [3.63, 3.8) is 0 Å². The molecule has 0 saturated carbocycles. The van der Waals surface area contributed by atoms with Gasteiger partial charge in [-0.05, 0) is 35.8 Å². The fourth-order valence-electron chi connectivity index (χ4n) is 2.90. The standard InChI is InChI=1S/C23H26O2Si/c1-4-23(2,3)24-25-26(20-14-8-5-9-15-20,21-16-10-6-11-17-21)22-18-12-7-13-19-22/h5-19H,4H2,1-3H3. The van der Waals surface area contributed by atoms with Crippen molar-refractivity contribution in [3.8, 4) is 0 Å². The topological polar surface area (TPSA) is 18.5 Å². The van der Waals surface area contributed by atoms with Gasteiger partial charge < -0.3 is 0 Å². The summed E-state index contributed by atoms with van der Waals surface area (Å²) in [6.45, 7) is 6.24. The molecule has 2 nitrogen and oxygen atoms in total. The van der Waals surface area contributed by atoms with Gasteiger partial charge in [0.05, 0.1) is 5.60 Å². The van der Waals surface area contributed by atoms with Gasteiger partial charge in [0, 0.05) is 0 Å². The van der Waals surface area contributed by atoms with E-state index in [1.165, 1.54) is 15.6 Å². The first kappa shape index (κ1) is 18.6. The van der Waals surface area contributed by atoms with Gasteiger partial charge in [0.1, 0.15) is 0 Å². The highest BCUT2D eigenvalue weighted by atomic mass is 28.4. The summed E-state index contributed by atoms with van der Waals surface area (Å²) in [5, 5.41) is 3.51. The van der Waals surface area contributed by atoms with Crippen molar-refractivity contribution >= 4 is 23.9 Å². The highest BCUT2D eigenvalue weighted by Gasteiger charge is 2.45. The van der Waals surface area contributed by atoms with Gasteiger partial charge in [-0.15, -0.1) is 0 Å². The summed E-state index contributed by atoms with van der Waals surface area (Å²) in [7, 11) is -2.77. The molecule has 0 heterocycles. The van der Waals surface area contributed by atoms with Crippen LogP contribution in [-0.4, -0.2) is 13.9 Å². The molecule has 134 valence electrons. The van der Waals surface area contributed by atoms with E-state index in [1.807, 2.05) is 18.2 Å². The third-order valence-electron chi connectivity index (χ3n) is 4.78. The Bertz CT molecular complexity index is 705. The summed E-state index contributed by atoms with van der Waals surface area (Å²) < 4.78 is 6.48. The van der Waals surface area contributed by atoms with E-state index in [2.05, 4.69) is 93.6 Å². The highest BCUT2D eigenvalue weighted by Crippen LogP contribution is 2.18. The second kappa shape index (κ2) is 8.00. The molecule has 0 aliphatic heterocycles. The smallest absolute Gasteiger partial charge is 0.269 e. The molecule has 0 amide bonds. The summed E-state index contributed by atoms with van der Waals surface area (Å²) in [4.78, 5) is 6.07. The first-order valence-corrected chi connectivity index (χ1v) is 11.0. The summed E-state index contributed by atoms with van der Waals surface area (Å²) in [6, 6.07) is 31.4. The van der Waals surface area contributed by atoms with Crippen LogP contribution in [0.2, 0.25) is 0 Å². The van der Waals surface area contributed by atoms with Crippen LogP contribution in [0.5, 0.6) is 0 Å². The third kappa shape index (κ3) is 3.80. The van der Waals surface area contributed by atoms with Crippen molar-refractivity contribution in [1.29, 1.82) is 0 Å². The highest BCUT2D eigenvalue weighted by molar-refractivity contribution is 7.07. The molecule has 0 N–H and O–H groups in total. The monoisotopic (exact) mass is 362 g/mol. The Morgan fingerprint density at radius 3 is 1.31 bits per heavy atom. The molecule has 0 aliphatic carbocycles. The van der Waals surface area contributed by atoms with Crippen LogP contribution in [0.4, 0.5) is 0 Å². The van der Waals surface area contributed by atoms with Crippen molar-refractivity contribution in [1.82, 2.24) is 0 Å². The lowest BCUT2D eigenvalue weighted by Crippen LogP contribution is -2.69. The molecule has 26 heavy (non-hydrogen) atoms. The van der Waals surface area contributed by atoms with E-state index < -0.39 is 8.32 Å². The van der Waals surface area contributed by atoms with Crippen LogP contribution in [0.15, 0.2) is 91.0 Å². The van der Waals surface area contributed by atoms with E-state index in [1.54, 1.807) is 0 Å². The van der Waals surface area contributed by atoms with Crippen LogP contribution in [0.25, 0.3) is 0 Å². The minimum absolute atomic E-state index is 0.351. The molecule has 0 radical (unpaired) electrons. The molecule has 0 bridgehead atoms. The molecule has 0 aromatic heterocycles. The minimum Gasteiger partial charge on any atom is -0.269 e. The Kier molecular flexibility index (Phi) is 5.72. The van der Waals surface area contributed by atoms with E-state index in [9.17, 15) is 0 Å². The lowest BCUT2D eigenvalue weighted by molar-refractivity contribution is -0.288. The van der Waals surface area contributed by atoms with Crippen molar-refractivity contribution in [2.24, 2.45) is 0 Å². The fraction of sp³-hybridized carbons (Fsp3) is 0.217. The maximum absolute atomic E-state index is 6.48. The number of benzene rings is 3. The average Bonchev–Trinajstić information content (AvgIpc) is 2.71. The van der Waals surface area contributed by atoms with Gasteiger partial charge in [-0.1, -0.05) is 97.9 Å². The van der Waals surface area contributed by atoms with E-state index in [0.29, 0.717) is 0 Å². The summed E-state index contributed by atoms with van der Waals surface area (Å²) in [5.41, 5.74) is -0.351. The van der Waals surface area contributed by atoms with E-state index in [0.717, 1.165) is 6.42 Å². The lowest BCUT2D eigenvalue weighted by Gasteiger charge is -2.35. The number of rotatable bonds is 7. The maximum atomic E-state index is 6.48. The predicted molar refractivity (Wildman–Crippen MR) is 111 cm³/mol. The molecule has 3 aromatic rings. The molecule has 0 atom stereocenters. The van der Waals surface area contributed by atoms with Gasteiger partial charge in [0.15, 0.2) is 0 Å². The molecule has 3 heteroatoms. The van der Waals surface area contributed by atoms with Crippen LogP contribution >= 0.6 is 0 Å². The van der Waals surface area contributed by atoms with Gasteiger partial charge >= 0.3 is 8.32 Å². The van der Waals surface area contributed by atoms with Crippen molar-refractivity contribution < 1.29 is 9.46 Å². The van der Waals surface area contributed by atoms with Crippen LogP contribution < -0.4 is 15.6 Å². The lowest BCUT2D eigenvalue weighted by atomic mass is 10.1. The molecule has 0 unspecified atom stereocenters. The average molecular weight is 363 g/mol. The molecule has 3 aromatic carbocycles. The predicted octanol–water partition coefficient (Wildman–Crippen LogP) is 3.79. The first-order chi connectivity index (χ1) is 12.6. The molecular formula is C23H26O2Si. The normalized spacial score (nSPS) is 12.1. The first-order valence-electron chi connectivity index (χ1n) is 9.12. The van der Waals surface area contributed by atoms with Crippen LogP contribution in [0.1, 0.15) is 27.2 Å². The van der Waals surface area contributed by atoms with Crippen LogP contribution in [0.3, 0.4) is 0 Å².